The SMILES string of the molecule is C=CC(Cc1ccccc1)N(CCC(=C)C1CC1)S(=O)(=O)c1ccc(C)cc1. The number of nitrogens with zero attached hydrogens (tertiary/aromatic N) is 1. The molecule has 0 spiro atoms. The summed E-state index contributed by atoms with van der Waals surface area (Å²) in [6.45, 7) is 10.5. The van der Waals surface area contributed by atoms with Gasteiger partial charge in [0.2, 0.25) is 10.0 Å². The molecule has 1 unspecified atom stereocenters. The quantitative estimate of drug-likeness (QED) is 0.522. The summed E-state index contributed by atoms with van der Waals surface area (Å²) in [7, 11) is -3.63. The topological polar surface area (TPSA) is 37.4 Å². The van der Waals surface area contributed by atoms with Gasteiger partial charge < -0.3 is 0 Å². The largest absolute Gasteiger partial charge is 0.243 e. The van der Waals surface area contributed by atoms with Crippen LogP contribution in [0, 0.1) is 12.8 Å². The molecule has 0 amide bonds. The predicted octanol–water partition coefficient (Wildman–Crippen LogP) is 5.14. The van der Waals surface area contributed by atoms with Crippen LogP contribution in [-0.4, -0.2) is 25.3 Å². The molecule has 0 radical (unpaired) electrons. The fourth-order valence-corrected chi connectivity index (χ4v) is 5.02. The van der Waals surface area contributed by atoms with Gasteiger partial charge in [0.15, 0.2) is 0 Å². The van der Waals surface area contributed by atoms with Crippen molar-refractivity contribution in [3.63, 3.8) is 0 Å². The number of hydrogen-bond donors (Lipinski definition) is 0. The first kappa shape index (κ1) is 20.6. The second-order valence-corrected chi connectivity index (χ2v) is 9.49. The predicted molar refractivity (Wildman–Crippen MR) is 116 cm³/mol. The van der Waals surface area contributed by atoms with Crippen molar-refractivity contribution in [1.82, 2.24) is 4.31 Å². The molecular formula is C24H29NO2S. The first-order chi connectivity index (χ1) is 13.4. The second kappa shape index (κ2) is 8.89. The van der Waals surface area contributed by atoms with E-state index in [0.717, 1.165) is 16.7 Å². The molecule has 1 fully saturated rings. The molecule has 0 aliphatic heterocycles. The molecule has 0 bridgehead atoms. The van der Waals surface area contributed by atoms with Gasteiger partial charge in [-0.2, -0.15) is 4.31 Å². The van der Waals surface area contributed by atoms with E-state index in [1.807, 2.05) is 49.4 Å². The van der Waals surface area contributed by atoms with E-state index in [9.17, 15) is 8.42 Å². The van der Waals surface area contributed by atoms with E-state index >= 15 is 0 Å². The molecule has 3 rings (SSSR count). The van der Waals surface area contributed by atoms with Gasteiger partial charge in [-0.15, -0.1) is 6.58 Å². The molecule has 28 heavy (non-hydrogen) atoms. The van der Waals surface area contributed by atoms with Gasteiger partial charge in [-0.05, 0) is 56.2 Å². The number of benzene rings is 2. The first-order valence-electron chi connectivity index (χ1n) is 9.84. The summed E-state index contributed by atoms with van der Waals surface area (Å²) in [4.78, 5) is 0.329. The Balaban J connectivity index is 1.88. The number of rotatable bonds is 10. The Morgan fingerprint density at radius 1 is 1.14 bits per heavy atom. The molecule has 148 valence electrons. The molecule has 2 aromatic carbocycles. The van der Waals surface area contributed by atoms with Gasteiger partial charge in [0, 0.05) is 12.6 Å². The lowest BCUT2D eigenvalue weighted by Crippen LogP contribution is -2.41. The van der Waals surface area contributed by atoms with E-state index in [1.165, 1.54) is 12.8 Å². The lowest BCUT2D eigenvalue weighted by atomic mass is 10.1. The van der Waals surface area contributed by atoms with Gasteiger partial charge in [0.1, 0.15) is 0 Å². The summed E-state index contributed by atoms with van der Waals surface area (Å²) in [5, 5.41) is 0. The maximum absolute atomic E-state index is 13.5. The molecule has 1 aliphatic rings. The van der Waals surface area contributed by atoms with Crippen LogP contribution < -0.4 is 0 Å². The Labute approximate surface area is 169 Å². The molecule has 4 heteroatoms. The number of sulfonamides is 1. The maximum atomic E-state index is 13.5. The van der Waals surface area contributed by atoms with E-state index in [2.05, 4.69) is 13.2 Å². The highest BCUT2D eigenvalue weighted by Gasteiger charge is 2.31. The highest BCUT2D eigenvalue weighted by atomic mass is 32.2. The van der Waals surface area contributed by atoms with Crippen molar-refractivity contribution in [2.24, 2.45) is 5.92 Å². The Morgan fingerprint density at radius 2 is 1.79 bits per heavy atom. The molecule has 1 aliphatic carbocycles. The van der Waals surface area contributed by atoms with Crippen molar-refractivity contribution in [3.8, 4) is 0 Å². The Bertz CT molecular complexity index is 913. The molecule has 0 saturated heterocycles. The van der Waals surface area contributed by atoms with E-state index < -0.39 is 10.0 Å². The summed E-state index contributed by atoms with van der Waals surface area (Å²) >= 11 is 0. The summed E-state index contributed by atoms with van der Waals surface area (Å²) in [6, 6.07) is 16.7. The van der Waals surface area contributed by atoms with E-state index in [0.29, 0.717) is 30.2 Å². The Kier molecular flexibility index (Phi) is 6.53. The fraction of sp³-hybridized carbons (Fsp3) is 0.333. The van der Waals surface area contributed by atoms with Crippen LogP contribution in [0.2, 0.25) is 0 Å². The number of hydrogen-bond acceptors (Lipinski definition) is 2. The van der Waals surface area contributed by atoms with Crippen molar-refractivity contribution in [2.75, 3.05) is 6.54 Å². The fourth-order valence-electron chi connectivity index (χ4n) is 3.42. The van der Waals surface area contributed by atoms with Gasteiger partial charge in [0.25, 0.3) is 0 Å². The van der Waals surface area contributed by atoms with Crippen molar-refractivity contribution in [3.05, 3.63) is 90.5 Å². The molecule has 2 aromatic rings. The third-order valence-corrected chi connectivity index (χ3v) is 7.30. The summed E-state index contributed by atoms with van der Waals surface area (Å²) in [5.41, 5.74) is 3.29. The normalized spacial score (nSPS) is 15.4. The highest BCUT2D eigenvalue weighted by molar-refractivity contribution is 7.89. The molecule has 3 nitrogen and oxygen atoms in total. The number of aryl methyl sites for hydroxylation is 1. The first-order valence-corrected chi connectivity index (χ1v) is 11.3. The third kappa shape index (κ3) is 5.00. The minimum Gasteiger partial charge on any atom is -0.207 e. The van der Waals surface area contributed by atoms with Gasteiger partial charge in [-0.25, -0.2) is 8.42 Å². The van der Waals surface area contributed by atoms with Crippen LogP contribution in [0.15, 0.2) is 84.3 Å². The molecular weight excluding hydrogens is 366 g/mol. The highest BCUT2D eigenvalue weighted by Crippen LogP contribution is 2.37. The van der Waals surface area contributed by atoms with Gasteiger partial charge in [0.05, 0.1) is 4.90 Å². The third-order valence-electron chi connectivity index (χ3n) is 5.37. The zero-order valence-electron chi connectivity index (χ0n) is 16.5. The molecule has 0 N–H and O–H groups in total. The summed E-state index contributed by atoms with van der Waals surface area (Å²) in [6.07, 6.45) is 5.40. The van der Waals surface area contributed by atoms with Crippen molar-refractivity contribution in [2.45, 2.75) is 43.5 Å². The monoisotopic (exact) mass is 395 g/mol. The van der Waals surface area contributed by atoms with Crippen molar-refractivity contribution in [1.29, 1.82) is 0 Å². The minimum absolute atomic E-state index is 0.305. The van der Waals surface area contributed by atoms with Gasteiger partial charge in [-0.3, -0.25) is 0 Å². The lowest BCUT2D eigenvalue weighted by Gasteiger charge is -2.29. The van der Waals surface area contributed by atoms with Crippen LogP contribution in [-0.2, 0) is 16.4 Å². The van der Waals surface area contributed by atoms with E-state index in [1.54, 1.807) is 22.5 Å². The van der Waals surface area contributed by atoms with Crippen molar-refractivity contribution < 1.29 is 8.42 Å². The average Bonchev–Trinajstić information content (AvgIpc) is 3.53. The van der Waals surface area contributed by atoms with Crippen LogP contribution in [0.4, 0.5) is 0 Å². The van der Waals surface area contributed by atoms with Gasteiger partial charge in [-0.1, -0.05) is 66.3 Å². The van der Waals surface area contributed by atoms with Crippen LogP contribution in [0.3, 0.4) is 0 Å². The standard InChI is InChI=1S/C24H29NO2S/c1-4-23(18-21-8-6-5-7-9-21)25(17-16-20(3)22-12-13-22)28(26,27)24-14-10-19(2)11-15-24/h4-11,14-15,22-23H,1,3,12-13,16-18H2,2H3. The Morgan fingerprint density at radius 3 is 2.36 bits per heavy atom. The van der Waals surface area contributed by atoms with Crippen LogP contribution in [0.5, 0.6) is 0 Å². The van der Waals surface area contributed by atoms with Crippen molar-refractivity contribution >= 4 is 10.0 Å². The van der Waals surface area contributed by atoms with Crippen LogP contribution in [0.1, 0.15) is 30.4 Å². The Hall–Kier alpha value is -2.17. The van der Waals surface area contributed by atoms with Crippen LogP contribution in [0.25, 0.3) is 0 Å². The zero-order valence-corrected chi connectivity index (χ0v) is 17.4. The average molecular weight is 396 g/mol. The molecule has 1 atom stereocenters. The van der Waals surface area contributed by atoms with E-state index in [4.69, 9.17) is 0 Å². The summed E-state index contributed by atoms with van der Waals surface area (Å²) in [5.74, 6) is 0.570. The minimum atomic E-state index is -3.63. The second-order valence-electron chi connectivity index (χ2n) is 7.60. The zero-order chi connectivity index (χ0) is 20.1. The van der Waals surface area contributed by atoms with Crippen LogP contribution >= 0.6 is 0 Å². The summed E-state index contributed by atoms with van der Waals surface area (Å²) < 4.78 is 28.6. The molecule has 1 saturated carbocycles. The molecule has 0 aromatic heterocycles. The van der Waals surface area contributed by atoms with E-state index in [-0.39, 0.29) is 6.04 Å². The van der Waals surface area contributed by atoms with Gasteiger partial charge >= 0.3 is 0 Å². The smallest absolute Gasteiger partial charge is 0.207 e. The lowest BCUT2D eigenvalue weighted by molar-refractivity contribution is 0.360. The molecule has 0 heterocycles. The maximum Gasteiger partial charge on any atom is 0.243 e.